The Bertz CT molecular complexity index is 1310. The normalized spacial score (nSPS) is 16.8. The van der Waals surface area contributed by atoms with Gasteiger partial charge >= 0.3 is 12.1 Å². The maximum absolute atomic E-state index is 13.8. The number of aromatic carboxylic acids is 1. The van der Waals surface area contributed by atoms with Crippen molar-refractivity contribution in [3.8, 4) is 5.75 Å². The van der Waals surface area contributed by atoms with E-state index in [2.05, 4.69) is 20.6 Å². The highest BCUT2D eigenvalue weighted by molar-refractivity contribution is 5.89. The molecule has 3 aromatic rings. The Morgan fingerprint density at radius 3 is 2.61 bits per heavy atom. The number of carboxylic acids is 1. The van der Waals surface area contributed by atoms with Gasteiger partial charge in [0.15, 0.2) is 0 Å². The number of benzene rings is 2. The Balaban J connectivity index is 1.68. The molecule has 2 aromatic carbocycles. The number of carboxylic acid groups (broad SMARTS) is 1. The predicted molar refractivity (Wildman–Crippen MR) is 124 cm³/mol. The van der Waals surface area contributed by atoms with Crippen LogP contribution in [0.1, 0.15) is 45.7 Å². The van der Waals surface area contributed by atoms with E-state index in [1.807, 2.05) is 24.3 Å². The Labute approximate surface area is 204 Å². The van der Waals surface area contributed by atoms with Crippen LogP contribution in [-0.2, 0) is 23.8 Å². The Hall–Kier alpha value is -4.15. The second-order valence-corrected chi connectivity index (χ2v) is 8.44. The summed E-state index contributed by atoms with van der Waals surface area (Å²) in [5.74, 6) is -1.72. The molecule has 0 spiro atoms. The molecule has 11 heteroatoms. The standard InChI is InChI=1S/C25H23F3N4O4/c1-13(33)30-22-16(9-14-5-3-4-6-17(14)22)10-20-18(25(26,27)28)12-29-24(32-20)31-19-8-7-15(23(34)35)11-21(19)36-2/h3-8,11-12,16,22H,9-10H2,1-2H3,(H,30,33)(H,34,35)(H,29,31,32)/t16-,22-/m0/s1. The van der Waals surface area contributed by atoms with Crippen LogP contribution in [0.3, 0.4) is 0 Å². The topological polar surface area (TPSA) is 113 Å². The van der Waals surface area contributed by atoms with Gasteiger partial charge in [0.2, 0.25) is 11.9 Å². The van der Waals surface area contributed by atoms with E-state index in [9.17, 15) is 27.9 Å². The summed E-state index contributed by atoms with van der Waals surface area (Å²) in [7, 11) is 1.34. The van der Waals surface area contributed by atoms with Crippen LogP contribution >= 0.6 is 0 Å². The van der Waals surface area contributed by atoms with Gasteiger partial charge in [0, 0.05) is 13.1 Å². The highest BCUT2D eigenvalue weighted by atomic mass is 19.4. The lowest BCUT2D eigenvalue weighted by Crippen LogP contribution is -2.31. The van der Waals surface area contributed by atoms with E-state index in [1.54, 1.807) is 0 Å². The van der Waals surface area contributed by atoms with Crippen molar-refractivity contribution in [3.05, 3.63) is 76.6 Å². The number of carbonyl (C=O) groups is 2. The fraction of sp³-hybridized carbons (Fsp3) is 0.280. The molecule has 1 aliphatic rings. The summed E-state index contributed by atoms with van der Waals surface area (Å²) in [5.41, 5.74) is 0.939. The van der Waals surface area contributed by atoms with Gasteiger partial charge in [-0.1, -0.05) is 24.3 Å². The molecule has 0 saturated carbocycles. The lowest BCUT2D eigenvalue weighted by Gasteiger charge is -2.23. The van der Waals surface area contributed by atoms with Crippen molar-refractivity contribution in [2.75, 3.05) is 12.4 Å². The van der Waals surface area contributed by atoms with Crippen LogP contribution in [0.25, 0.3) is 0 Å². The van der Waals surface area contributed by atoms with E-state index in [-0.39, 0.29) is 46.9 Å². The lowest BCUT2D eigenvalue weighted by atomic mass is 9.93. The number of nitrogens with zero attached hydrogens (tertiary/aromatic N) is 2. The van der Waals surface area contributed by atoms with Crippen molar-refractivity contribution in [1.82, 2.24) is 15.3 Å². The smallest absolute Gasteiger partial charge is 0.419 e. The Morgan fingerprint density at radius 2 is 1.94 bits per heavy atom. The molecule has 188 valence electrons. The molecule has 3 N–H and O–H groups in total. The van der Waals surface area contributed by atoms with E-state index >= 15 is 0 Å². The van der Waals surface area contributed by atoms with Crippen LogP contribution < -0.4 is 15.4 Å². The zero-order valence-corrected chi connectivity index (χ0v) is 19.4. The molecule has 4 rings (SSSR count). The van der Waals surface area contributed by atoms with Gasteiger partial charge in [-0.25, -0.2) is 14.8 Å². The van der Waals surface area contributed by atoms with Crippen LogP contribution in [-0.4, -0.2) is 34.1 Å². The first-order valence-electron chi connectivity index (χ1n) is 11.0. The molecular weight excluding hydrogens is 477 g/mol. The number of methoxy groups -OCH3 is 1. The van der Waals surface area contributed by atoms with Gasteiger partial charge in [0.05, 0.1) is 35.7 Å². The summed E-state index contributed by atoms with van der Waals surface area (Å²) in [6.45, 7) is 1.37. The number of hydrogen-bond acceptors (Lipinski definition) is 6. The fourth-order valence-corrected chi connectivity index (χ4v) is 4.45. The zero-order chi connectivity index (χ0) is 26.0. The summed E-state index contributed by atoms with van der Waals surface area (Å²) >= 11 is 0. The van der Waals surface area contributed by atoms with Crippen molar-refractivity contribution in [3.63, 3.8) is 0 Å². The molecule has 0 aliphatic heterocycles. The number of nitrogens with one attached hydrogen (secondary N) is 2. The molecule has 1 aromatic heterocycles. The molecule has 1 heterocycles. The van der Waals surface area contributed by atoms with Crippen LogP contribution in [0.5, 0.6) is 5.75 Å². The average Bonchev–Trinajstić information content (AvgIpc) is 3.15. The number of alkyl halides is 3. The van der Waals surface area contributed by atoms with Crippen LogP contribution in [0, 0.1) is 5.92 Å². The number of halogens is 3. The van der Waals surface area contributed by atoms with Crippen molar-refractivity contribution in [2.24, 2.45) is 5.92 Å². The Kier molecular flexibility index (Phi) is 6.82. The number of aromatic nitrogens is 2. The van der Waals surface area contributed by atoms with Gasteiger partial charge in [0.25, 0.3) is 0 Å². The number of anilines is 2. The third-order valence-electron chi connectivity index (χ3n) is 6.03. The predicted octanol–water partition coefficient (Wildman–Crippen LogP) is 4.54. The Morgan fingerprint density at radius 1 is 1.19 bits per heavy atom. The SMILES string of the molecule is COc1cc(C(=O)O)ccc1Nc1ncc(C(F)(F)F)c(C[C@@H]2Cc3ccccc3[C@H]2NC(C)=O)n1. The number of carbonyl (C=O) groups excluding carboxylic acids is 1. The van der Waals surface area contributed by atoms with Gasteiger partial charge in [-0.3, -0.25) is 4.79 Å². The van der Waals surface area contributed by atoms with Gasteiger partial charge in [-0.15, -0.1) is 0 Å². The maximum atomic E-state index is 13.8. The first-order valence-corrected chi connectivity index (χ1v) is 11.0. The number of amides is 1. The molecule has 0 radical (unpaired) electrons. The van der Waals surface area contributed by atoms with Crippen molar-refractivity contribution >= 4 is 23.5 Å². The summed E-state index contributed by atoms with van der Waals surface area (Å²) < 4.78 is 46.7. The minimum absolute atomic E-state index is 0.0174. The maximum Gasteiger partial charge on any atom is 0.419 e. The molecule has 36 heavy (non-hydrogen) atoms. The third kappa shape index (κ3) is 5.24. The van der Waals surface area contributed by atoms with Gasteiger partial charge in [-0.2, -0.15) is 13.2 Å². The van der Waals surface area contributed by atoms with Gasteiger partial charge in [-0.05, 0) is 48.1 Å². The molecule has 0 unspecified atom stereocenters. The van der Waals surface area contributed by atoms with E-state index in [1.165, 1.54) is 32.2 Å². The van der Waals surface area contributed by atoms with Gasteiger partial charge in [0.1, 0.15) is 5.75 Å². The minimum atomic E-state index is -4.68. The van der Waals surface area contributed by atoms with E-state index in [4.69, 9.17) is 4.74 Å². The van der Waals surface area contributed by atoms with Crippen molar-refractivity contribution in [2.45, 2.75) is 32.0 Å². The number of fused-ring (bicyclic) bond motifs is 1. The van der Waals surface area contributed by atoms with Crippen LogP contribution in [0.4, 0.5) is 24.8 Å². The minimum Gasteiger partial charge on any atom is -0.495 e. The van der Waals surface area contributed by atoms with E-state index in [0.717, 1.165) is 17.3 Å². The van der Waals surface area contributed by atoms with E-state index < -0.39 is 23.8 Å². The number of ether oxygens (including phenoxy) is 1. The molecule has 0 bridgehead atoms. The summed E-state index contributed by atoms with van der Waals surface area (Å²) in [6.07, 6.45) is -3.53. The lowest BCUT2D eigenvalue weighted by molar-refractivity contribution is -0.138. The molecule has 1 amide bonds. The monoisotopic (exact) mass is 500 g/mol. The quantitative estimate of drug-likeness (QED) is 0.437. The second-order valence-electron chi connectivity index (χ2n) is 8.44. The summed E-state index contributed by atoms with van der Waals surface area (Å²) in [6, 6.07) is 11.0. The van der Waals surface area contributed by atoms with Crippen LogP contribution in [0.15, 0.2) is 48.7 Å². The molecule has 8 nitrogen and oxygen atoms in total. The highest BCUT2D eigenvalue weighted by Crippen LogP contribution is 2.40. The molecule has 2 atom stereocenters. The summed E-state index contributed by atoms with van der Waals surface area (Å²) in [4.78, 5) is 31.1. The highest BCUT2D eigenvalue weighted by Gasteiger charge is 2.39. The summed E-state index contributed by atoms with van der Waals surface area (Å²) in [5, 5.41) is 14.9. The first-order chi connectivity index (χ1) is 17.1. The first kappa shape index (κ1) is 25.0. The second kappa shape index (κ2) is 9.84. The van der Waals surface area contributed by atoms with Crippen LogP contribution in [0.2, 0.25) is 0 Å². The molecule has 1 aliphatic carbocycles. The molecule has 0 saturated heterocycles. The van der Waals surface area contributed by atoms with Gasteiger partial charge < -0.3 is 20.5 Å². The zero-order valence-electron chi connectivity index (χ0n) is 19.4. The molecular formula is C25H23F3N4O4. The number of rotatable bonds is 7. The molecule has 0 fully saturated rings. The largest absolute Gasteiger partial charge is 0.495 e. The van der Waals surface area contributed by atoms with Crippen molar-refractivity contribution < 1.29 is 32.6 Å². The number of hydrogen-bond donors (Lipinski definition) is 3. The van der Waals surface area contributed by atoms with Crippen molar-refractivity contribution in [1.29, 1.82) is 0 Å². The fourth-order valence-electron chi connectivity index (χ4n) is 4.45. The van der Waals surface area contributed by atoms with E-state index in [0.29, 0.717) is 6.42 Å². The third-order valence-corrected chi connectivity index (χ3v) is 6.03. The average molecular weight is 500 g/mol.